The van der Waals surface area contributed by atoms with Gasteiger partial charge in [0.05, 0.1) is 30.5 Å². The molecular formula is C24H32F2N3O9P. The third-order valence-corrected chi connectivity index (χ3v) is 8.10. The van der Waals surface area contributed by atoms with Gasteiger partial charge in [-0.2, -0.15) is 4.98 Å². The van der Waals surface area contributed by atoms with E-state index in [1.165, 1.54) is 26.0 Å². The minimum atomic E-state index is -4.22. The second-order valence-corrected chi connectivity index (χ2v) is 11.6. The molecule has 0 amide bonds. The number of esters is 1. The van der Waals surface area contributed by atoms with Gasteiger partial charge in [-0.15, -0.1) is 0 Å². The van der Waals surface area contributed by atoms with Crippen LogP contribution in [0.3, 0.4) is 0 Å². The van der Waals surface area contributed by atoms with Gasteiger partial charge in [0.25, 0.3) is 0 Å². The molecule has 12 nitrogen and oxygen atoms in total. The number of anilines is 1. The monoisotopic (exact) mass is 575 g/mol. The molecule has 2 heterocycles. The van der Waals surface area contributed by atoms with Crippen molar-refractivity contribution in [3.63, 3.8) is 0 Å². The van der Waals surface area contributed by atoms with Gasteiger partial charge in [0.1, 0.15) is 24.6 Å². The van der Waals surface area contributed by atoms with Crippen LogP contribution in [-0.4, -0.2) is 68.6 Å². The highest BCUT2D eigenvalue weighted by atomic mass is 31.2. The molecule has 1 unspecified atom stereocenters. The fourth-order valence-electron chi connectivity index (χ4n) is 4.03. The van der Waals surface area contributed by atoms with Crippen LogP contribution in [0.25, 0.3) is 0 Å². The highest BCUT2D eigenvalue weighted by molar-refractivity contribution is 7.54. The zero-order valence-electron chi connectivity index (χ0n) is 21.8. The first-order valence-electron chi connectivity index (χ1n) is 12.1. The lowest BCUT2D eigenvalue weighted by atomic mass is 9.93. The smallest absolute Gasteiger partial charge is 0.380 e. The molecule has 7 atom stereocenters. The van der Waals surface area contributed by atoms with Crippen LogP contribution in [0.4, 0.5) is 14.6 Å². The predicted molar refractivity (Wildman–Crippen MR) is 134 cm³/mol. The Balaban J connectivity index is 1.91. The third-order valence-electron chi connectivity index (χ3n) is 5.97. The number of hydrogen-bond acceptors (Lipinski definition) is 11. The predicted octanol–water partition coefficient (Wildman–Crippen LogP) is 2.19. The van der Waals surface area contributed by atoms with E-state index in [1.807, 2.05) is 0 Å². The number of carbonyl (C=O) groups excluding carboxylic acids is 1. The molecule has 0 saturated carbocycles. The fourth-order valence-corrected chi connectivity index (χ4v) is 6.12. The Hall–Kier alpha value is -2.90. The lowest BCUT2D eigenvalue weighted by molar-refractivity contribution is -0.151. The Morgan fingerprint density at radius 3 is 2.51 bits per heavy atom. The van der Waals surface area contributed by atoms with Crippen LogP contribution in [-0.2, 0) is 23.4 Å². The number of halogens is 2. The Kier molecular flexibility index (Phi) is 9.50. The maximum Gasteiger partial charge on any atom is 0.380 e. The number of aliphatic hydroxyl groups excluding tert-OH is 1. The standard InChI is InChI=1S/C24H32F2N3O9P/c1-13(2)35-21(31)14(3)11-39(34,38-16-8-6-5-7-9-16)37-15(4)18-19(30)24(33,12-25)22(36-18)29-10-17(26)20(27)28-23(29)32/h5-10,13-15,18-19,22,30,33H,11-12H2,1-4H3,(H2,27,28,32)/t14-,15-,18-,19+,22-,24?,39-/m1/s1. The lowest BCUT2D eigenvalue weighted by Crippen LogP contribution is -2.51. The Labute approximate surface area is 223 Å². The van der Waals surface area contributed by atoms with Crippen molar-refractivity contribution in [1.29, 1.82) is 0 Å². The van der Waals surface area contributed by atoms with Crippen molar-refractivity contribution in [2.45, 2.75) is 63.9 Å². The Morgan fingerprint density at radius 2 is 1.92 bits per heavy atom. The highest BCUT2D eigenvalue weighted by Crippen LogP contribution is 2.53. The van der Waals surface area contributed by atoms with Crippen molar-refractivity contribution < 1.29 is 46.9 Å². The van der Waals surface area contributed by atoms with Crippen molar-refractivity contribution in [3.05, 3.63) is 52.8 Å². The van der Waals surface area contributed by atoms with E-state index in [2.05, 4.69) is 4.98 Å². The molecule has 1 aliphatic heterocycles. The summed E-state index contributed by atoms with van der Waals surface area (Å²) in [5, 5.41) is 21.7. The van der Waals surface area contributed by atoms with Crippen LogP contribution < -0.4 is 15.9 Å². The van der Waals surface area contributed by atoms with Gasteiger partial charge < -0.3 is 29.9 Å². The molecule has 2 aromatic rings. The number of nitrogens with two attached hydrogens (primary N) is 1. The first kappa shape index (κ1) is 30.6. The first-order valence-corrected chi connectivity index (χ1v) is 13.8. The summed E-state index contributed by atoms with van der Waals surface area (Å²) in [6, 6.07) is 7.94. The van der Waals surface area contributed by atoms with Gasteiger partial charge in [-0.3, -0.25) is 13.9 Å². The second kappa shape index (κ2) is 12.1. The van der Waals surface area contributed by atoms with Crippen LogP contribution in [0.1, 0.15) is 33.9 Å². The van der Waals surface area contributed by atoms with E-state index in [0.29, 0.717) is 10.8 Å². The number of nitrogen functional groups attached to an aromatic ring is 1. The molecule has 39 heavy (non-hydrogen) atoms. The van der Waals surface area contributed by atoms with Crippen molar-refractivity contribution in [1.82, 2.24) is 9.55 Å². The van der Waals surface area contributed by atoms with Crippen LogP contribution >= 0.6 is 7.60 Å². The zero-order valence-corrected chi connectivity index (χ0v) is 22.7. The van der Waals surface area contributed by atoms with Crippen LogP contribution in [0.2, 0.25) is 0 Å². The maximum absolute atomic E-state index is 14.1. The number of hydrogen-bond donors (Lipinski definition) is 3. The molecule has 1 aliphatic rings. The first-order chi connectivity index (χ1) is 18.2. The van der Waals surface area contributed by atoms with E-state index in [4.69, 9.17) is 24.3 Å². The van der Waals surface area contributed by atoms with Gasteiger partial charge in [0, 0.05) is 0 Å². The van der Waals surface area contributed by atoms with Gasteiger partial charge in [-0.25, -0.2) is 18.1 Å². The number of benzene rings is 1. The molecule has 0 spiro atoms. The normalized spacial score (nSPS) is 26.1. The van der Waals surface area contributed by atoms with E-state index in [1.54, 1.807) is 32.0 Å². The largest absolute Gasteiger partial charge is 0.463 e. The number of carbonyl (C=O) groups is 1. The van der Waals surface area contributed by atoms with Gasteiger partial charge in [-0.1, -0.05) is 25.1 Å². The molecule has 1 aromatic carbocycles. The highest BCUT2D eigenvalue weighted by Gasteiger charge is 2.59. The summed E-state index contributed by atoms with van der Waals surface area (Å²) in [6.07, 6.45) is -7.25. The second-order valence-electron chi connectivity index (χ2n) is 9.58. The number of ether oxygens (including phenoxy) is 2. The Bertz CT molecular complexity index is 1270. The summed E-state index contributed by atoms with van der Waals surface area (Å²) in [5.74, 6) is -3.32. The molecular weight excluding hydrogens is 543 g/mol. The van der Waals surface area contributed by atoms with Crippen molar-refractivity contribution in [2.24, 2.45) is 5.92 Å². The van der Waals surface area contributed by atoms with Gasteiger partial charge in [-0.05, 0) is 32.9 Å². The molecule has 216 valence electrons. The third kappa shape index (κ3) is 6.82. The quantitative estimate of drug-likeness (QED) is 0.265. The molecule has 0 radical (unpaired) electrons. The minimum Gasteiger partial charge on any atom is -0.463 e. The lowest BCUT2D eigenvalue weighted by Gasteiger charge is -2.30. The van der Waals surface area contributed by atoms with Crippen molar-refractivity contribution >= 4 is 19.4 Å². The topological polar surface area (TPSA) is 172 Å². The summed E-state index contributed by atoms with van der Waals surface area (Å²) >= 11 is 0. The molecule has 1 fully saturated rings. The summed E-state index contributed by atoms with van der Waals surface area (Å²) in [6.45, 7) is 4.46. The SMILES string of the molecule is CC(C)OC(=O)[C@H](C)C[P@](=O)(Oc1ccccc1)O[C@H](C)[C@H]1O[C@@H](n2cc(F)c(N)nc2=O)C(O)(CF)[C@H]1O. The minimum absolute atomic E-state index is 0.151. The van der Waals surface area contributed by atoms with Crippen LogP contribution in [0.15, 0.2) is 41.3 Å². The van der Waals surface area contributed by atoms with Crippen molar-refractivity contribution in [2.75, 3.05) is 18.6 Å². The summed E-state index contributed by atoms with van der Waals surface area (Å²) < 4.78 is 64.7. The molecule has 1 saturated heterocycles. The van der Waals surface area contributed by atoms with E-state index >= 15 is 0 Å². The summed E-state index contributed by atoms with van der Waals surface area (Å²) in [5.41, 5.74) is 1.37. The average molecular weight is 576 g/mol. The van der Waals surface area contributed by atoms with Crippen molar-refractivity contribution in [3.8, 4) is 5.75 Å². The number of alkyl halides is 1. The zero-order chi connectivity index (χ0) is 29.1. The summed E-state index contributed by atoms with van der Waals surface area (Å²) in [4.78, 5) is 28.0. The Morgan fingerprint density at radius 1 is 1.28 bits per heavy atom. The number of aliphatic hydroxyl groups is 2. The fraction of sp³-hybridized carbons (Fsp3) is 0.542. The van der Waals surface area contributed by atoms with E-state index in [9.17, 15) is 33.1 Å². The molecule has 0 aliphatic carbocycles. The molecule has 4 N–H and O–H groups in total. The maximum atomic E-state index is 14.1. The average Bonchev–Trinajstić information content (AvgIpc) is 3.12. The van der Waals surface area contributed by atoms with Crippen LogP contribution in [0.5, 0.6) is 5.75 Å². The molecule has 3 rings (SSSR count). The van der Waals surface area contributed by atoms with Gasteiger partial charge in [0.2, 0.25) is 0 Å². The van der Waals surface area contributed by atoms with E-state index < -0.39 is 85.9 Å². The molecule has 1 aromatic heterocycles. The number of aromatic nitrogens is 2. The van der Waals surface area contributed by atoms with Gasteiger partial charge >= 0.3 is 19.3 Å². The number of rotatable bonds is 11. The van der Waals surface area contributed by atoms with E-state index in [0.717, 1.165) is 0 Å². The molecule has 0 bridgehead atoms. The van der Waals surface area contributed by atoms with Crippen LogP contribution in [0, 0.1) is 11.7 Å². The van der Waals surface area contributed by atoms with Gasteiger partial charge in [0.15, 0.2) is 23.5 Å². The number of para-hydroxylation sites is 1. The number of nitrogens with zero attached hydrogens (tertiary/aromatic N) is 2. The summed E-state index contributed by atoms with van der Waals surface area (Å²) in [7, 11) is -4.22. The van der Waals surface area contributed by atoms with E-state index in [-0.39, 0.29) is 5.75 Å². The molecule has 15 heteroatoms.